The summed E-state index contributed by atoms with van der Waals surface area (Å²) in [5, 5.41) is 4.66. The van der Waals surface area contributed by atoms with Gasteiger partial charge < -0.3 is 4.42 Å². The molecule has 4 nitrogen and oxygen atoms in total. The van der Waals surface area contributed by atoms with Crippen LogP contribution in [-0.4, -0.2) is 15.0 Å². The van der Waals surface area contributed by atoms with Gasteiger partial charge in [0.1, 0.15) is 11.2 Å². The van der Waals surface area contributed by atoms with E-state index in [2.05, 4.69) is 135 Å². The van der Waals surface area contributed by atoms with Crippen LogP contribution in [0.1, 0.15) is 25.0 Å². The number of fused-ring (bicyclic) bond motifs is 8. The van der Waals surface area contributed by atoms with E-state index in [0.29, 0.717) is 17.5 Å². The summed E-state index contributed by atoms with van der Waals surface area (Å²) in [6, 6.07) is 53.0. The minimum atomic E-state index is -0.143. The van der Waals surface area contributed by atoms with Crippen molar-refractivity contribution in [1.82, 2.24) is 15.0 Å². The number of benzene rings is 7. The van der Waals surface area contributed by atoms with Crippen LogP contribution in [0.4, 0.5) is 0 Å². The summed E-state index contributed by atoms with van der Waals surface area (Å²) >= 11 is 0. The second-order valence-electron chi connectivity index (χ2n) is 13.7. The van der Waals surface area contributed by atoms with Crippen molar-refractivity contribution in [3.63, 3.8) is 0 Å². The molecule has 50 heavy (non-hydrogen) atoms. The fourth-order valence-electron chi connectivity index (χ4n) is 7.84. The van der Waals surface area contributed by atoms with Crippen molar-refractivity contribution >= 4 is 32.7 Å². The van der Waals surface area contributed by atoms with Crippen LogP contribution in [0.5, 0.6) is 0 Å². The van der Waals surface area contributed by atoms with Crippen LogP contribution in [0.2, 0.25) is 0 Å². The van der Waals surface area contributed by atoms with E-state index in [-0.39, 0.29) is 5.41 Å². The van der Waals surface area contributed by atoms with Gasteiger partial charge in [-0.25, -0.2) is 15.0 Å². The standard InChI is InChI=1S/C46H31N3O/c1-46(2)38-18-9-8-17-35(38)36-22-24-40-41(42(36)46)37-27-32(21-23-39(37)50-40)31-15-10-16-33(26-31)44-47-43(29-12-4-3-5-13-29)48-45(49-44)34-20-19-28-11-6-7-14-30(28)25-34/h3-27H,1-2H3. The van der Waals surface area contributed by atoms with Crippen LogP contribution in [0, 0.1) is 0 Å². The van der Waals surface area contributed by atoms with Gasteiger partial charge in [-0.1, -0.05) is 135 Å². The van der Waals surface area contributed by atoms with Gasteiger partial charge in [0.15, 0.2) is 17.5 Å². The Balaban J connectivity index is 1.12. The molecule has 0 saturated heterocycles. The van der Waals surface area contributed by atoms with Crippen LogP contribution in [0.15, 0.2) is 156 Å². The van der Waals surface area contributed by atoms with E-state index in [1.54, 1.807) is 0 Å². The van der Waals surface area contributed by atoms with E-state index in [1.807, 2.05) is 30.3 Å². The molecular formula is C46H31N3O. The quantitative estimate of drug-likeness (QED) is 0.192. The molecule has 0 radical (unpaired) electrons. The number of nitrogens with zero attached hydrogens (tertiary/aromatic N) is 3. The molecule has 0 atom stereocenters. The van der Waals surface area contributed by atoms with Crippen LogP contribution >= 0.6 is 0 Å². The number of rotatable bonds is 4. The maximum absolute atomic E-state index is 6.46. The fourth-order valence-corrected chi connectivity index (χ4v) is 7.84. The summed E-state index contributed by atoms with van der Waals surface area (Å²) < 4.78 is 6.46. The largest absolute Gasteiger partial charge is 0.456 e. The second kappa shape index (κ2) is 10.8. The predicted octanol–water partition coefficient (Wildman–Crippen LogP) is 11.9. The molecule has 9 aromatic rings. The molecule has 236 valence electrons. The Morgan fingerprint density at radius 1 is 0.440 bits per heavy atom. The van der Waals surface area contributed by atoms with Crippen molar-refractivity contribution in [2.75, 3.05) is 0 Å². The van der Waals surface area contributed by atoms with Crippen molar-refractivity contribution in [1.29, 1.82) is 0 Å². The zero-order chi connectivity index (χ0) is 33.4. The molecule has 1 aliphatic rings. The van der Waals surface area contributed by atoms with E-state index in [9.17, 15) is 0 Å². The highest BCUT2D eigenvalue weighted by Crippen LogP contribution is 2.53. The molecule has 0 spiro atoms. The van der Waals surface area contributed by atoms with Gasteiger partial charge in [0.05, 0.1) is 0 Å². The SMILES string of the molecule is CC1(C)c2ccccc2-c2ccc3oc4ccc(-c5cccc(-c6nc(-c7ccccc7)nc(-c7ccc8ccccc8c7)n6)c5)cc4c3c21. The maximum Gasteiger partial charge on any atom is 0.164 e. The van der Waals surface area contributed by atoms with Crippen molar-refractivity contribution in [2.24, 2.45) is 0 Å². The lowest BCUT2D eigenvalue weighted by Crippen LogP contribution is -2.15. The van der Waals surface area contributed by atoms with Gasteiger partial charge in [0.25, 0.3) is 0 Å². The molecule has 2 aromatic heterocycles. The van der Waals surface area contributed by atoms with E-state index in [1.165, 1.54) is 33.0 Å². The van der Waals surface area contributed by atoms with Crippen molar-refractivity contribution in [2.45, 2.75) is 19.3 Å². The van der Waals surface area contributed by atoms with E-state index >= 15 is 0 Å². The first-order chi connectivity index (χ1) is 24.5. The van der Waals surface area contributed by atoms with Crippen molar-refractivity contribution in [3.8, 4) is 56.4 Å². The lowest BCUT2D eigenvalue weighted by atomic mass is 9.80. The molecule has 0 N–H and O–H groups in total. The second-order valence-corrected chi connectivity index (χ2v) is 13.7. The Hall–Kier alpha value is -6.39. The Morgan fingerprint density at radius 3 is 1.90 bits per heavy atom. The normalized spacial score (nSPS) is 13.2. The van der Waals surface area contributed by atoms with Crippen LogP contribution in [0.25, 0.3) is 89.1 Å². The van der Waals surface area contributed by atoms with Crippen molar-refractivity contribution in [3.05, 3.63) is 163 Å². The first-order valence-electron chi connectivity index (χ1n) is 17.0. The number of aromatic nitrogens is 3. The van der Waals surface area contributed by atoms with Crippen LogP contribution < -0.4 is 0 Å². The molecule has 7 aromatic carbocycles. The maximum atomic E-state index is 6.46. The lowest BCUT2D eigenvalue weighted by molar-refractivity contribution is 0.657. The third-order valence-electron chi connectivity index (χ3n) is 10.3. The van der Waals surface area contributed by atoms with Gasteiger partial charge in [-0.05, 0) is 74.5 Å². The summed E-state index contributed by atoms with van der Waals surface area (Å²) in [6.45, 7) is 4.65. The molecule has 2 heterocycles. The zero-order valence-corrected chi connectivity index (χ0v) is 27.7. The Labute approximate surface area is 289 Å². The molecule has 0 fully saturated rings. The smallest absolute Gasteiger partial charge is 0.164 e. The predicted molar refractivity (Wildman–Crippen MR) is 204 cm³/mol. The summed E-state index contributed by atoms with van der Waals surface area (Å²) in [5.74, 6) is 1.93. The fraction of sp³-hybridized carbons (Fsp3) is 0.0652. The van der Waals surface area contributed by atoms with E-state index in [4.69, 9.17) is 19.4 Å². The lowest BCUT2D eigenvalue weighted by Gasteiger charge is -2.22. The molecular weight excluding hydrogens is 611 g/mol. The van der Waals surface area contributed by atoms with Gasteiger partial charge in [0.2, 0.25) is 0 Å². The molecule has 0 saturated carbocycles. The summed E-state index contributed by atoms with van der Waals surface area (Å²) in [4.78, 5) is 15.0. The monoisotopic (exact) mass is 641 g/mol. The summed E-state index contributed by atoms with van der Waals surface area (Å²) in [7, 11) is 0. The highest BCUT2D eigenvalue weighted by molar-refractivity contribution is 6.12. The van der Waals surface area contributed by atoms with Gasteiger partial charge in [0, 0.05) is 32.9 Å². The molecule has 0 amide bonds. The molecule has 4 heteroatoms. The van der Waals surface area contributed by atoms with Crippen LogP contribution in [-0.2, 0) is 5.41 Å². The van der Waals surface area contributed by atoms with Gasteiger partial charge in [-0.2, -0.15) is 0 Å². The molecule has 10 rings (SSSR count). The first kappa shape index (κ1) is 28.6. The van der Waals surface area contributed by atoms with E-state index < -0.39 is 0 Å². The molecule has 1 aliphatic carbocycles. The van der Waals surface area contributed by atoms with E-state index in [0.717, 1.165) is 49.8 Å². The molecule has 0 aliphatic heterocycles. The summed E-state index contributed by atoms with van der Waals surface area (Å²) in [6.07, 6.45) is 0. The third-order valence-corrected chi connectivity index (χ3v) is 10.3. The van der Waals surface area contributed by atoms with Crippen LogP contribution in [0.3, 0.4) is 0 Å². The minimum absolute atomic E-state index is 0.143. The number of hydrogen-bond donors (Lipinski definition) is 0. The van der Waals surface area contributed by atoms with Gasteiger partial charge in [-0.3, -0.25) is 0 Å². The number of hydrogen-bond acceptors (Lipinski definition) is 4. The number of furan rings is 1. The van der Waals surface area contributed by atoms with Gasteiger partial charge in [-0.15, -0.1) is 0 Å². The van der Waals surface area contributed by atoms with Crippen molar-refractivity contribution < 1.29 is 4.42 Å². The Kier molecular flexibility index (Phi) is 6.19. The first-order valence-corrected chi connectivity index (χ1v) is 17.0. The van der Waals surface area contributed by atoms with Gasteiger partial charge >= 0.3 is 0 Å². The third kappa shape index (κ3) is 4.42. The zero-order valence-electron chi connectivity index (χ0n) is 27.7. The summed E-state index contributed by atoms with van der Waals surface area (Å²) in [5.41, 5.74) is 12.0. The minimum Gasteiger partial charge on any atom is -0.456 e. The highest BCUT2D eigenvalue weighted by Gasteiger charge is 2.37. The average molecular weight is 642 g/mol. The topological polar surface area (TPSA) is 51.8 Å². The molecule has 0 bridgehead atoms. The molecule has 0 unspecified atom stereocenters. The average Bonchev–Trinajstić information content (AvgIpc) is 3.66. The highest BCUT2D eigenvalue weighted by atomic mass is 16.3. The Morgan fingerprint density at radius 2 is 1.06 bits per heavy atom. The Bertz CT molecular complexity index is 2790.